The monoisotopic (exact) mass is 340 g/mol. The summed E-state index contributed by atoms with van der Waals surface area (Å²) in [5, 5.41) is 20.1. The summed E-state index contributed by atoms with van der Waals surface area (Å²) in [5.41, 5.74) is 0.689. The fourth-order valence-corrected chi connectivity index (χ4v) is 3.55. The summed E-state index contributed by atoms with van der Waals surface area (Å²) in [5.74, 6) is -0.445. The summed E-state index contributed by atoms with van der Waals surface area (Å²) in [4.78, 5) is 11.9. The highest BCUT2D eigenvalue weighted by atomic mass is 79.9. The molecule has 0 aromatic heterocycles. The van der Waals surface area contributed by atoms with E-state index in [1.807, 2.05) is 12.1 Å². The Labute approximate surface area is 128 Å². The van der Waals surface area contributed by atoms with E-state index in [4.69, 9.17) is 0 Å². The van der Waals surface area contributed by atoms with Crippen molar-refractivity contribution >= 4 is 21.9 Å². The van der Waals surface area contributed by atoms with E-state index < -0.39 is 11.4 Å². The van der Waals surface area contributed by atoms with E-state index in [0.29, 0.717) is 28.8 Å². The van der Waals surface area contributed by atoms with Crippen LogP contribution >= 0.6 is 15.9 Å². The zero-order chi connectivity index (χ0) is 14.9. The molecule has 0 unspecified atom stereocenters. The van der Waals surface area contributed by atoms with Gasteiger partial charge in [-0.1, -0.05) is 39.2 Å². The molecular weight excluding hydrogens is 320 g/mol. The van der Waals surface area contributed by atoms with Crippen molar-refractivity contribution < 1.29 is 15.0 Å². The van der Waals surface area contributed by atoms with E-state index in [-0.39, 0.29) is 5.75 Å². The molecule has 0 atom stereocenters. The van der Waals surface area contributed by atoms with E-state index in [1.54, 1.807) is 0 Å². The van der Waals surface area contributed by atoms with Crippen LogP contribution in [0.25, 0.3) is 0 Å². The van der Waals surface area contributed by atoms with Crippen molar-refractivity contribution in [3.8, 4) is 5.75 Å². The second-order valence-corrected chi connectivity index (χ2v) is 6.86. The minimum Gasteiger partial charge on any atom is -0.506 e. The third-order valence-electron chi connectivity index (χ3n) is 4.38. The van der Waals surface area contributed by atoms with Gasteiger partial charge in [-0.25, -0.2) is 0 Å². The highest BCUT2D eigenvalue weighted by molar-refractivity contribution is 9.10. The second kappa shape index (κ2) is 5.76. The Balaban J connectivity index is 2.61. The van der Waals surface area contributed by atoms with Gasteiger partial charge in [0.05, 0.1) is 9.89 Å². The molecule has 4 heteroatoms. The Morgan fingerprint density at radius 3 is 2.35 bits per heavy atom. The van der Waals surface area contributed by atoms with E-state index >= 15 is 0 Å². The molecule has 2 rings (SSSR count). The number of carboxylic acids is 1. The maximum absolute atomic E-state index is 11.9. The highest BCUT2D eigenvalue weighted by Crippen LogP contribution is 2.46. The SMILES string of the molecule is CC(C)c1cc(Br)c(O)c(C2(C(=O)O)CCCCC2)c1. The van der Waals surface area contributed by atoms with Crippen LogP contribution < -0.4 is 0 Å². The molecule has 1 aliphatic rings. The van der Waals surface area contributed by atoms with Crippen molar-refractivity contribution in [1.29, 1.82) is 0 Å². The third-order valence-corrected chi connectivity index (χ3v) is 4.99. The summed E-state index contributed by atoms with van der Waals surface area (Å²) in [6.07, 6.45) is 4.07. The quantitative estimate of drug-likeness (QED) is 0.847. The Bertz CT molecular complexity index is 517. The van der Waals surface area contributed by atoms with E-state index in [0.717, 1.165) is 24.8 Å². The first-order valence-corrected chi connectivity index (χ1v) is 7.94. The lowest BCUT2D eigenvalue weighted by Crippen LogP contribution is -2.38. The van der Waals surface area contributed by atoms with Crippen molar-refractivity contribution in [2.75, 3.05) is 0 Å². The van der Waals surface area contributed by atoms with Gasteiger partial charge in [-0.15, -0.1) is 0 Å². The maximum Gasteiger partial charge on any atom is 0.314 e. The van der Waals surface area contributed by atoms with Crippen LogP contribution in [0.15, 0.2) is 16.6 Å². The Hall–Kier alpha value is -1.03. The number of halogens is 1. The average Bonchev–Trinajstić information content (AvgIpc) is 2.42. The van der Waals surface area contributed by atoms with E-state index in [1.165, 1.54) is 0 Å². The highest BCUT2D eigenvalue weighted by Gasteiger charge is 2.43. The predicted octanol–water partition coefficient (Wildman–Crippen LogP) is 4.56. The molecule has 0 spiro atoms. The first kappa shape index (κ1) is 15.4. The zero-order valence-electron chi connectivity index (χ0n) is 11.9. The second-order valence-electron chi connectivity index (χ2n) is 6.00. The molecule has 0 aliphatic heterocycles. The van der Waals surface area contributed by atoms with Crippen molar-refractivity contribution in [2.45, 2.75) is 57.3 Å². The fourth-order valence-electron chi connectivity index (χ4n) is 3.07. The lowest BCUT2D eigenvalue weighted by Gasteiger charge is -2.34. The first-order chi connectivity index (χ1) is 9.38. The molecule has 0 bridgehead atoms. The van der Waals surface area contributed by atoms with Gasteiger partial charge in [0.25, 0.3) is 0 Å². The molecule has 2 N–H and O–H groups in total. The minimum absolute atomic E-state index is 0.0821. The Kier molecular flexibility index (Phi) is 4.43. The van der Waals surface area contributed by atoms with Crippen LogP contribution in [0.2, 0.25) is 0 Å². The van der Waals surface area contributed by atoms with Gasteiger partial charge in [0, 0.05) is 5.56 Å². The smallest absolute Gasteiger partial charge is 0.314 e. The number of aromatic hydroxyl groups is 1. The third kappa shape index (κ3) is 2.58. The normalized spacial score (nSPS) is 18.2. The number of benzene rings is 1. The largest absolute Gasteiger partial charge is 0.506 e. The molecule has 1 aromatic rings. The van der Waals surface area contributed by atoms with Gasteiger partial charge < -0.3 is 10.2 Å². The number of hydrogen-bond donors (Lipinski definition) is 2. The van der Waals surface area contributed by atoms with E-state index in [9.17, 15) is 15.0 Å². The average molecular weight is 341 g/mol. The minimum atomic E-state index is -0.935. The van der Waals surface area contributed by atoms with Gasteiger partial charge in [0.2, 0.25) is 0 Å². The molecule has 0 amide bonds. The van der Waals surface area contributed by atoms with Gasteiger partial charge in [0.1, 0.15) is 5.75 Å². The zero-order valence-corrected chi connectivity index (χ0v) is 13.5. The predicted molar refractivity (Wildman–Crippen MR) is 82.3 cm³/mol. The topological polar surface area (TPSA) is 57.5 Å². The van der Waals surface area contributed by atoms with Crippen molar-refractivity contribution in [1.82, 2.24) is 0 Å². The van der Waals surface area contributed by atoms with Crippen LogP contribution in [0.3, 0.4) is 0 Å². The maximum atomic E-state index is 11.9. The molecular formula is C16H21BrO3. The molecule has 0 radical (unpaired) electrons. The number of phenolic OH excluding ortho intramolecular Hbond substituents is 1. The fraction of sp³-hybridized carbons (Fsp3) is 0.562. The van der Waals surface area contributed by atoms with Crippen LogP contribution in [0.1, 0.15) is 63.0 Å². The summed E-state index contributed by atoms with van der Waals surface area (Å²) < 4.78 is 0.588. The van der Waals surface area contributed by atoms with Crippen LogP contribution in [-0.4, -0.2) is 16.2 Å². The molecule has 1 saturated carbocycles. The Morgan fingerprint density at radius 1 is 1.25 bits per heavy atom. The van der Waals surface area contributed by atoms with Gasteiger partial charge in [-0.2, -0.15) is 0 Å². The molecule has 1 fully saturated rings. The molecule has 1 aromatic carbocycles. The summed E-state index contributed by atoms with van der Waals surface area (Å²) >= 11 is 3.36. The molecule has 0 heterocycles. The molecule has 3 nitrogen and oxygen atoms in total. The van der Waals surface area contributed by atoms with Crippen molar-refractivity contribution in [3.05, 3.63) is 27.7 Å². The molecule has 110 valence electrons. The summed E-state index contributed by atoms with van der Waals surface area (Å²) in [7, 11) is 0. The standard InChI is InChI=1S/C16H21BrO3/c1-10(2)11-8-12(14(18)13(17)9-11)16(15(19)20)6-4-3-5-7-16/h8-10,18H,3-7H2,1-2H3,(H,19,20). The Morgan fingerprint density at radius 2 is 1.85 bits per heavy atom. The van der Waals surface area contributed by atoms with Gasteiger partial charge >= 0.3 is 5.97 Å². The molecule has 1 aliphatic carbocycles. The van der Waals surface area contributed by atoms with Gasteiger partial charge in [-0.3, -0.25) is 4.79 Å². The summed E-state index contributed by atoms with van der Waals surface area (Å²) in [6, 6.07) is 3.76. The number of carboxylic acid groups (broad SMARTS) is 1. The van der Waals surface area contributed by atoms with Crippen molar-refractivity contribution in [2.24, 2.45) is 0 Å². The molecule has 0 saturated heterocycles. The van der Waals surface area contributed by atoms with Crippen LogP contribution in [0.5, 0.6) is 5.75 Å². The van der Waals surface area contributed by atoms with E-state index in [2.05, 4.69) is 29.8 Å². The van der Waals surface area contributed by atoms with Crippen molar-refractivity contribution in [3.63, 3.8) is 0 Å². The lowest BCUT2D eigenvalue weighted by molar-refractivity contribution is -0.145. The molecule has 20 heavy (non-hydrogen) atoms. The van der Waals surface area contributed by atoms with Crippen LogP contribution in [0.4, 0.5) is 0 Å². The number of phenols is 1. The van der Waals surface area contributed by atoms with Crippen LogP contribution in [0, 0.1) is 0 Å². The number of aliphatic carboxylic acids is 1. The first-order valence-electron chi connectivity index (χ1n) is 7.15. The number of rotatable bonds is 3. The van der Waals surface area contributed by atoms with Crippen LogP contribution in [-0.2, 0) is 10.2 Å². The lowest BCUT2D eigenvalue weighted by atomic mass is 9.68. The number of hydrogen-bond acceptors (Lipinski definition) is 2. The number of carbonyl (C=O) groups is 1. The summed E-state index contributed by atoms with van der Waals surface area (Å²) in [6.45, 7) is 4.13. The van der Waals surface area contributed by atoms with Gasteiger partial charge in [0.15, 0.2) is 0 Å². The van der Waals surface area contributed by atoms with Gasteiger partial charge in [-0.05, 0) is 46.3 Å².